The van der Waals surface area contributed by atoms with Crippen molar-refractivity contribution in [1.29, 1.82) is 0 Å². The molecule has 0 spiro atoms. The predicted molar refractivity (Wildman–Crippen MR) is 102 cm³/mol. The van der Waals surface area contributed by atoms with E-state index in [0.717, 1.165) is 31.2 Å². The van der Waals surface area contributed by atoms with Crippen LogP contribution in [0.15, 0.2) is 36.4 Å². The number of benzene rings is 1. The van der Waals surface area contributed by atoms with E-state index in [4.69, 9.17) is 15.6 Å². The standard InChI is InChI=1S/C20H20N4O3/c21-20-23-16-11-10-15(12-6-8-13(9-7-12)19(25)26)22-17(16)18(24-20)27-14-4-2-1-3-5-14/h6-11,14H,1-5H2,(H,25,26)(H2,21,23,24). The van der Waals surface area contributed by atoms with Crippen molar-refractivity contribution in [2.24, 2.45) is 0 Å². The predicted octanol–water partition coefficient (Wildman–Crippen LogP) is 3.68. The van der Waals surface area contributed by atoms with Crippen LogP contribution in [-0.2, 0) is 0 Å². The SMILES string of the molecule is Nc1nc(OC2CCCCC2)c2nc(-c3ccc(C(=O)O)cc3)ccc2n1. The fourth-order valence-corrected chi connectivity index (χ4v) is 3.37. The fraction of sp³-hybridized carbons (Fsp3) is 0.300. The molecule has 7 nitrogen and oxygen atoms in total. The van der Waals surface area contributed by atoms with Crippen LogP contribution < -0.4 is 10.5 Å². The molecule has 0 bridgehead atoms. The van der Waals surface area contributed by atoms with Crippen molar-refractivity contribution in [1.82, 2.24) is 15.0 Å². The molecule has 1 fully saturated rings. The maximum atomic E-state index is 11.0. The van der Waals surface area contributed by atoms with E-state index in [2.05, 4.69) is 15.0 Å². The van der Waals surface area contributed by atoms with Gasteiger partial charge in [-0.15, -0.1) is 0 Å². The lowest BCUT2D eigenvalue weighted by Crippen LogP contribution is -2.20. The Balaban J connectivity index is 1.72. The second-order valence-corrected chi connectivity index (χ2v) is 6.71. The molecular weight excluding hydrogens is 344 g/mol. The summed E-state index contributed by atoms with van der Waals surface area (Å²) in [5.41, 5.74) is 8.76. The van der Waals surface area contributed by atoms with Crippen molar-refractivity contribution >= 4 is 23.0 Å². The Kier molecular flexibility index (Phi) is 4.58. The van der Waals surface area contributed by atoms with E-state index >= 15 is 0 Å². The molecule has 27 heavy (non-hydrogen) atoms. The number of anilines is 1. The normalized spacial score (nSPS) is 15.0. The Hall–Kier alpha value is -3.22. The average Bonchev–Trinajstić information content (AvgIpc) is 2.68. The Morgan fingerprint density at radius 1 is 1.00 bits per heavy atom. The molecule has 4 rings (SSSR count). The molecule has 1 aromatic carbocycles. The summed E-state index contributed by atoms with van der Waals surface area (Å²) in [4.78, 5) is 24.2. The van der Waals surface area contributed by atoms with Gasteiger partial charge in [0.2, 0.25) is 11.8 Å². The molecule has 138 valence electrons. The molecule has 2 aromatic heterocycles. The van der Waals surface area contributed by atoms with Crippen LogP contribution in [0.4, 0.5) is 5.95 Å². The maximum Gasteiger partial charge on any atom is 0.335 e. The van der Waals surface area contributed by atoms with Gasteiger partial charge in [-0.2, -0.15) is 4.98 Å². The molecule has 0 aliphatic heterocycles. The molecule has 0 atom stereocenters. The summed E-state index contributed by atoms with van der Waals surface area (Å²) in [7, 11) is 0. The summed E-state index contributed by atoms with van der Waals surface area (Å²) < 4.78 is 6.12. The molecule has 3 N–H and O–H groups in total. The molecule has 1 aliphatic rings. The van der Waals surface area contributed by atoms with Crippen LogP contribution in [0.25, 0.3) is 22.3 Å². The van der Waals surface area contributed by atoms with Gasteiger partial charge in [-0.05, 0) is 49.9 Å². The minimum absolute atomic E-state index is 0.122. The number of ether oxygens (including phenoxy) is 1. The zero-order chi connectivity index (χ0) is 18.8. The Labute approximate surface area is 156 Å². The molecular formula is C20H20N4O3. The van der Waals surface area contributed by atoms with Gasteiger partial charge in [0.05, 0.1) is 16.8 Å². The number of pyridine rings is 1. The van der Waals surface area contributed by atoms with Gasteiger partial charge in [0, 0.05) is 5.56 Å². The third-order valence-corrected chi connectivity index (χ3v) is 4.79. The number of aromatic nitrogens is 3. The van der Waals surface area contributed by atoms with Crippen LogP contribution >= 0.6 is 0 Å². The highest BCUT2D eigenvalue weighted by Crippen LogP contribution is 2.29. The third kappa shape index (κ3) is 3.67. The first kappa shape index (κ1) is 17.2. The fourth-order valence-electron chi connectivity index (χ4n) is 3.37. The Morgan fingerprint density at radius 3 is 2.44 bits per heavy atom. The summed E-state index contributed by atoms with van der Waals surface area (Å²) in [6.45, 7) is 0. The number of carboxylic acid groups (broad SMARTS) is 1. The number of nitrogens with zero attached hydrogens (tertiary/aromatic N) is 3. The molecule has 1 saturated carbocycles. The monoisotopic (exact) mass is 364 g/mol. The summed E-state index contributed by atoms with van der Waals surface area (Å²) >= 11 is 0. The van der Waals surface area contributed by atoms with Crippen molar-refractivity contribution in [3.8, 4) is 17.1 Å². The minimum atomic E-state index is -0.958. The number of aromatic carboxylic acids is 1. The van der Waals surface area contributed by atoms with E-state index in [9.17, 15) is 4.79 Å². The van der Waals surface area contributed by atoms with Crippen LogP contribution in [0.2, 0.25) is 0 Å². The van der Waals surface area contributed by atoms with E-state index in [1.54, 1.807) is 24.3 Å². The lowest BCUT2D eigenvalue weighted by Gasteiger charge is -2.22. The smallest absolute Gasteiger partial charge is 0.335 e. The molecule has 3 aromatic rings. The van der Waals surface area contributed by atoms with E-state index in [1.165, 1.54) is 6.42 Å². The van der Waals surface area contributed by atoms with Gasteiger partial charge in [-0.25, -0.2) is 14.8 Å². The summed E-state index contributed by atoms with van der Waals surface area (Å²) in [5.74, 6) is -0.387. The van der Waals surface area contributed by atoms with Crippen LogP contribution in [-0.4, -0.2) is 32.1 Å². The second-order valence-electron chi connectivity index (χ2n) is 6.71. The summed E-state index contributed by atoms with van der Waals surface area (Å²) in [5, 5.41) is 9.05. The molecule has 2 heterocycles. The Bertz CT molecular complexity index is 982. The second kappa shape index (κ2) is 7.19. The quantitative estimate of drug-likeness (QED) is 0.726. The molecule has 7 heteroatoms. The van der Waals surface area contributed by atoms with Gasteiger partial charge < -0.3 is 15.6 Å². The highest BCUT2D eigenvalue weighted by atomic mass is 16.5. The first-order valence-electron chi connectivity index (χ1n) is 9.05. The van der Waals surface area contributed by atoms with Crippen molar-refractivity contribution < 1.29 is 14.6 Å². The highest BCUT2D eigenvalue weighted by Gasteiger charge is 2.19. The zero-order valence-corrected chi connectivity index (χ0v) is 14.8. The van der Waals surface area contributed by atoms with Crippen molar-refractivity contribution in [2.75, 3.05) is 5.73 Å². The van der Waals surface area contributed by atoms with Gasteiger partial charge in [0.15, 0.2) is 5.52 Å². The van der Waals surface area contributed by atoms with Crippen LogP contribution in [0.1, 0.15) is 42.5 Å². The topological polar surface area (TPSA) is 111 Å². The van der Waals surface area contributed by atoms with E-state index in [-0.39, 0.29) is 17.6 Å². The molecule has 1 aliphatic carbocycles. The van der Waals surface area contributed by atoms with E-state index in [1.807, 2.05) is 12.1 Å². The number of carboxylic acids is 1. The molecule has 0 saturated heterocycles. The van der Waals surface area contributed by atoms with Gasteiger partial charge in [0.25, 0.3) is 0 Å². The largest absolute Gasteiger partial charge is 0.478 e. The number of hydrogen-bond donors (Lipinski definition) is 2. The van der Waals surface area contributed by atoms with Crippen LogP contribution in [0.3, 0.4) is 0 Å². The number of nitrogens with two attached hydrogens (primary N) is 1. The number of fused-ring (bicyclic) bond motifs is 1. The maximum absolute atomic E-state index is 11.0. The molecule has 0 radical (unpaired) electrons. The minimum Gasteiger partial charge on any atom is -0.478 e. The lowest BCUT2D eigenvalue weighted by atomic mass is 9.98. The van der Waals surface area contributed by atoms with Crippen LogP contribution in [0.5, 0.6) is 5.88 Å². The highest BCUT2D eigenvalue weighted by molar-refractivity contribution is 5.88. The summed E-state index contributed by atoms with van der Waals surface area (Å²) in [6, 6.07) is 10.2. The lowest BCUT2D eigenvalue weighted by molar-refractivity contribution is 0.0697. The van der Waals surface area contributed by atoms with E-state index < -0.39 is 5.97 Å². The average molecular weight is 364 g/mol. The van der Waals surface area contributed by atoms with Gasteiger partial charge >= 0.3 is 5.97 Å². The number of hydrogen-bond acceptors (Lipinski definition) is 6. The van der Waals surface area contributed by atoms with E-state index in [0.29, 0.717) is 22.6 Å². The van der Waals surface area contributed by atoms with Gasteiger partial charge in [-0.3, -0.25) is 0 Å². The van der Waals surface area contributed by atoms with Gasteiger partial charge in [-0.1, -0.05) is 18.6 Å². The van der Waals surface area contributed by atoms with Crippen molar-refractivity contribution in [2.45, 2.75) is 38.2 Å². The van der Waals surface area contributed by atoms with Crippen molar-refractivity contribution in [3.63, 3.8) is 0 Å². The zero-order valence-electron chi connectivity index (χ0n) is 14.8. The first-order chi connectivity index (χ1) is 13.1. The first-order valence-corrected chi connectivity index (χ1v) is 9.05. The van der Waals surface area contributed by atoms with Crippen molar-refractivity contribution in [3.05, 3.63) is 42.0 Å². The van der Waals surface area contributed by atoms with Gasteiger partial charge in [0.1, 0.15) is 6.10 Å². The number of nitrogen functional groups attached to an aromatic ring is 1. The third-order valence-electron chi connectivity index (χ3n) is 4.79. The van der Waals surface area contributed by atoms with Crippen LogP contribution in [0, 0.1) is 0 Å². The number of carbonyl (C=O) groups is 1. The molecule has 0 amide bonds. The molecule has 0 unspecified atom stereocenters. The summed E-state index contributed by atoms with van der Waals surface area (Å²) in [6.07, 6.45) is 5.66. The number of rotatable bonds is 4. The Morgan fingerprint density at radius 2 is 1.74 bits per heavy atom.